The van der Waals surface area contributed by atoms with Crippen molar-refractivity contribution >= 4 is 23.3 Å². The van der Waals surface area contributed by atoms with E-state index in [0.29, 0.717) is 17.0 Å². The minimum Gasteiger partial charge on any atom is -0.481 e. The number of anilines is 1. The van der Waals surface area contributed by atoms with Gasteiger partial charge in [0.2, 0.25) is 0 Å². The van der Waals surface area contributed by atoms with Crippen LogP contribution in [0.1, 0.15) is 24.2 Å². The summed E-state index contributed by atoms with van der Waals surface area (Å²) in [4.78, 5) is 33.9. The molecule has 0 bridgehead atoms. The third-order valence-electron chi connectivity index (χ3n) is 3.39. The van der Waals surface area contributed by atoms with Crippen LogP contribution >= 0.6 is 0 Å². The minimum absolute atomic E-state index is 0.0591. The molecule has 8 nitrogen and oxygen atoms in total. The summed E-state index contributed by atoms with van der Waals surface area (Å²) >= 11 is 0. The summed E-state index contributed by atoms with van der Waals surface area (Å²) in [6.07, 6.45) is -0.818. The van der Waals surface area contributed by atoms with Crippen LogP contribution in [-0.4, -0.2) is 29.5 Å². The van der Waals surface area contributed by atoms with E-state index in [1.54, 1.807) is 38.1 Å². The van der Waals surface area contributed by atoms with Gasteiger partial charge in [0.15, 0.2) is 6.10 Å². The summed E-state index contributed by atoms with van der Waals surface area (Å²) < 4.78 is 10.4. The number of esters is 1. The Morgan fingerprint density at radius 1 is 1.12 bits per heavy atom. The zero-order valence-corrected chi connectivity index (χ0v) is 14.3. The molecule has 0 aromatic heterocycles. The van der Waals surface area contributed by atoms with E-state index in [1.165, 1.54) is 24.3 Å². The number of carbonyl (C=O) groups is 2. The SMILES string of the molecule is CCOC(=O)c1ccc(NC(=O)C(C)Oc2ccc([N+](=O)[O-])cc2)cc1. The number of amides is 1. The Morgan fingerprint density at radius 3 is 2.27 bits per heavy atom. The van der Waals surface area contributed by atoms with E-state index < -0.39 is 22.9 Å². The minimum atomic E-state index is -0.818. The number of nitrogens with one attached hydrogen (secondary N) is 1. The number of carbonyl (C=O) groups excluding carboxylic acids is 2. The van der Waals surface area contributed by atoms with Crippen LogP contribution in [0.25, 0.3) is 0 Å². The summed E-state index contributed by atoms with van der Waals surface area (Å²) in [5.41, 5.74) is 0.832. The number of rotatable bonds is 7. The molecule has 0 aliphatic carbocycles. The highest BCUT2D eigenvalue weighted by Crippen LogP contribution is 2.19. The number of ether oxygens (including phenoxy) is 2. The van der Waals surface area contributed by atoms with Crippen molar-refractivity contribution in [2.45, 2.75) is 20.0 Å². The number of benzene rings is 2. The summed E-state index contributed by atoms with van der Waals surface area (Å²) in [6, 6.07) is 11.7. The first-order valence-corrected chi connectivity index (χ1v) is 7.90. The summed E-state index contributed by atoms with van der Waals surface area (Å²) in [6.45, 7) is 3.57. The molecule has 0 saturated heterocycles. The van der Waals surface area contributed by atoms with Gasteiger partial charge in [-0.3, -0.25) is 14.9 Å². The van der Waals surface area contributed by atoms with Crippen LogP contribution in [0.4, 0.5) is 11.4 Å². The highest BCUT2D eigenvalue weighted by molar-refractivity contribution is 5.95. The Morgan fingerprint density at radius 2 is 1.73 bits per heavy atom. The Balaban J connectivity index is 1.94. The lowest BCUT2D eigenvalue weighted by atomic mass is 10.2. The molecule has 0 fully saturated rings. The molecule has 1 unspecified atom stereocenters. The Hall–Kier alpha value is -3.42. The van der Waals surface area contributed by atoms with Crippen molar-refractivity contribution in [2.75, 3.05) is 11.9 Å². The summed E-state index contributed by atoms with van der Waals surface area (Å²) in [5, 5.41) is 13.3. The molecule has 0 aliphatic heterocycles. The highest BCUT2D eigenvalue weighted by atomic mass is 16.6. The van der Waals surface area contributed by atoms with Gasteiger partial charge in [-0.25, -0.2) is 4.79 Å². The monoisotopic (exact) mass is 358 g/mol. The van der Waals surface area contributed by atoms with Gasteiger partial charge in [-0.05, 0) is 50.2 Å². The van der Waals surface area contributed by atoms with Gasteiger partial charge in [0.1, 0.15) is 5.75 Å². The van der Waals surface area contributed by atoms with Crippen molar-refractivity contribution in [3.8, 4) is 5.75 Å². The van der Waals surface area contributed by atoms with E-state index in [4.69, 9.17) is 9.47 Å². The Labute approximate surface area is 149 Å². The first-order valence-electron chi connectivity index (χ1n) is 7.90. The largest absolute Gasteiger partial charge is 0.481 e. The smallest absolute Gasteiger partial charge is 0.338 e. The van der Waals surface area contributed by atoms with Crippen molar-refractivity contribution in [1.29, 1.82) is 0 Å². The van der Waals surface area contributed by atoms with Crippen molar-refractivity contribution in [3.63, 3.8) is 0 Å². The average Bonchev–Trinajstić information content (AvgIpc) is 2.63. The third kappa shape index (κ3) is 5.04. The summed E-state index contributed by atoms with van der Waals surface area (Å²) in [5.74, 6) is -0.483. The molecule has 0 radical (unpaired) electrons. The maximum atomic E-state index is 12.2. The van der Waals surface area contributed by atoms with E-state index >= 15 is 0 Å². The van der Waals surface area contributed by atoms with Gasteiger partial charge in [0.05, 0.1) is 17.1 Å². The van der Waals surface area contributed by atoms with Gasteiger partial charge < -0.3 is 14.8 Å². The van der Waals surface area contributed by atoms with Crippen LogP contribution in [0.3, 0.4) is 0 Å². The molecule has 136 valence electrons. The Kier molecular flexibility index (Phi) is 6.26. The molecule has 2 aromatic rings. The molecular weight excluding hydrogens is 340 g/mol. The van der Waals surface area contributed by atoms with Crippen LogP contribution < -0.4 is 10.1 Å². The predicted molar refractivity (Wildman–Crippen MR) is 94.2 cm³/mol. The zero-order valence-electron chi connectivity index (χ0n) is 14.3. The molecule has 1 amide bonds. The summed E-state index contributed by atoms with van der Waals surface area (Å²) in [7, 11) is 0. The van der Waals surface area contributed by atoms with Crippen LogP contribution in [0.2, 0.25) is 0 Å². The number of nitro groups is 1. The molecule has 0 spiro atoms. The third-order valence-corrected chi connectivity index (χ3v) is 3.39. The lowest BCUT2D eigenvalue weighted by Crippen LogP contribution is -2.30. The van der Waals surface area contributed by atoms with Crippen molar-refractivity contribution in [3.05, 3.63) is 64.2 Å². The lowest BCUT2D eigenvalue weighted by Gasteiger charge is -2.14. The molecule has 0 saturated carbocycles. The zero-order chi connectivity index (χ0) is 19.1. The second-order valence-electron chi connectivity index (χ2n) is 5.30. The molecule has 2 aromatic carbocycles. The molecule has 8 heteroatoms. The van der Waals surface area contributed by atoms with E-state index in [2.05, 4.69) is 5.32 Å². The van der Waals surface area contributed by atoms with E-state index in [0.717, 1.165) is 0 Å². The van der Waals surface area contributed by atoms with Gasteiger partial charge in [-0.15, -0.1) is 0 Å². The predicted octanol–water partition coefficient (Wildman–Crippen LogP) is 3.18. The number of nitro benzene ring substituents is 1. The van der Waals surface area contributed by atoms with Gasteiger partial charge in [0, 0.05) is 17.8 Å². The van der Waals surface area contributed by atoms with Crippen LogP contribution in [-0.2, 0) is 9.53 Å². The van der Waals surface area contributed by atoms with E-state index in [1.807, 2.05) is 0 Å². The fraction of sp³-hybridized carbons (Fsp3) is 0.222. The molecule has 1 N–H and O–H groups in total. The number of hydrogen-bond acceptors (Lipinski definition) is 6. The van der Waals surface area contributed by atoms with E-state index in [-0.39, 0.29) is 12.3 Å². The topological polar surface area (TPSA) is 108 Å². The molecule has 0 aliphatic rings. The van der Waals surface area contributed by atoms with Crippen LogP contribution in [0.15, 0.2) is 48.5 Å². The number of nitrogens with zero attached hydrogens (tertiary/aromatic N) is 1. The maximum Gasteiger partial charge on any atom is 0.338 e. The number of non-ortho nitro benzene ring substituents is 1. The van der Waals surface area contributed by atoms with E-state index in [9.17, 15) is 19.7 Å². The van der Waals surface area contributed by atoms with Gasteiger partial charge in [0.25, 0.3) is 11.6 Å². The second kappa shape index (κ2) is 8.61. The maximum absolute atomic E-state index is 12.2. The average molecular weight is 358 g/mol. The van der Waals surface area contributed by atoms with Gasteiger partial charge in [-0.2, -0.15) is 0 Å². The quantitative estimate of drug-likeness (QED) is 0.463. The number of hydrogen-bond donors (Lipinski definition) is 1. The van der Waals surface area contributed by atoms with Crippen molar-refractivity contribution in [2.24, 2.45) is 0 Å². The van der Waals surface area contributed by atoms with Gasteiger partial charge >= 0.3 is 5.97 Å². The normalized spacial score (nSPS) is 11.3. The molecular formula is C18H18N2O6. The van der Waals surface area contributed by atoms with Crippen LogP contribution in [0.5, 0.6) is 5.75 Å². The second-order valence-corrected chi connectivity index (χ2v) is 5.30. The lowest BCUT2D eigenvalue weighted by molar-refractivity contribution is -0.384. The highest BCUT2D eigenvalue weighted by Gasteiger charge is 2.16. The fourth-order valence-electron chi connectivity index (χ4n) is 2.05. The molecule has 2 rings (SSSR count). The molecule has 1 atom stereocenters. The van der Waals surface area contributed by atoms with Crippen molar-refractivity contribution < 1.29 is 24.0 Å². The Bertz CT molecular complexity index is 786. The first kappa shape index (κ1) is 18.9. The molecule has 0 heterocycles. The molecule has 26 heavy (non-hydrogen) atoms. The fourth-order valence-corrected chi connectivity index (χ4v) is 2.05. The van der Waals surface area contributed by atoms with Crippen LogP contribution in [0, 0.1) is 10.1 Å². The van der Waals surface area contributed by atoms with Crippen molar-refractivity contribution in [1.82, 2.24) is 0 Å². The van der Waals surface area contributed by atoms with Gasteiger partial charge in [-0.1, -0.05) is 0 Å². The first-order chi connectivity index (χ1) is 12.4. The standard InChI is InChI=1S/C18H18N2O6/c1-3-25-18(22)13-4-6-14(7-5-13)19-17(21)12(2)26-16-10-8-15(9-11-16)20(23)24/h4-12H,3H2,1-2H3,(H,19,21).